The Hall–Kier alpha value is -1.23. The number of ether oxygens (including phenoxy) is 1. The Morgan fingerprint density at radius 3 is 2.39 bits per heavy atom. The van der Waals surface area contributed by atoms with Crippen molar-refractivity contribution in [3.63, 3.8) is 0 Å². The highest BCUT2D eigenvalue weighted by molar-refractivity contribution is 5.36. The van der Waals surface area contributed by atoms with Crippen molar-refractivity contribution in [2.75, 3.05) is 7.05 Å². The minimum Gasteiger partial charge on any atom is -0.405 e. The molecule has 1 aromatic carbocycles. The molecule has 1 rings (SSSR count). The van der Waals surface area contributed by atoms with Gasteiger partial charge in [-0.15, -0.1) is 13.2 Å². The zero-order valence-electron chi connectivity index (χ0n) is 10.7. The van der Waals surface area contributed by atoms with Crippen LogP contribution in [0.4, 0.5) is 13.2 Å². The second-order valence-electron chi connectivity index (χ2n) is 4.41. The van der Waals surface area contributed by atoms with Gasteiger partial charge in [-0.3, -0.25) is 0 Å². The predicted octanol–water partition coefficient (Wildman–Crippen LogP) is 3.69. The second kappa shape index (κ2) is 6.09. The smallest absolute Gasteiger partial charge is 0.405 e. The lowest BCUT2D eigenvalue weighted by Gasteiger charge is -2.20. The number of benzene rings is 1. The molecule has 0 aromatic heterocycles. The second-order valence-corrected chi connectivity index (χ2v) is 4.41. The van der Waals surface area contributed by atoms with E-state index < -0.39 is 6.36 Å². The summed E-state index contributed by atoms with van der Waals surface area (Å²) in [4.78, 5) is 0. The lowest BCUT2D eigenvalue weighted by Crippen LogP contribution is -2.23. The summed E-state index contributed by atoms with van der Waals surface area (Å²) in [5, 5.41) is 3.07. The van der Waals surface area contributed by atoms with Crippen molar-refractivity contribution >= 4 is 0 Å². The molecule has 18 heavy (non-hydrogen) atoms. The number of hydrogen-bond donors (Lipinski definition) is 1. The fraction of sp³-hybridized carbons (Fsp3) is 0.538. The van der Waals surface area contributed by atoms with Crippen LogP contribution in [0.1, 0.15) is 31.7 Å². The minimum absolute atomic E-state index is 0.00833. The molecule has 1 aromatic rings. The summed E-state index contributed by atoms with van der Waals surface area (Å²) >= 11 is 0. The van der Waals surface area contributed by atoms with Gasteiger partial charge in [-0.25, -0.2) is 0 Å². The quantitative estimate of drug-likeness (QED) is 0.872. The zero-order valence-corrected chi connectivity index (χ0v) is 10.7. The largest absolute Gasteiger partial charge is 0.573 e. The monoisotopic (exact) mass is 261 g/mol. The zero-order chi connectivity index (χ0) is 13.8. The van der Waals surface area contributed by atoms with Gasteiger partial charge in [0.2, 0.25) is 0 Å². The van der Waals surface area contributed by atoms with E-state index in [2.05, 4.69) is 10.1 Å². The summed E-state index contributed by atoms with van der Waals surface area (Å²) in [5.41, 5.74) is 0.580. The molecular weight excluding hydrogens is 243 g/mol. The van der Waals surface area contributed by atoms with Gasteiger partial charge in [-0.2, -0.15) is 0 Å². The number of hydrogen-bond acceptors (Lipinski definition) is 2. The van der Waals surface area contributed by atoms with Crippen LogP contribution in [0, 0.1) is 0 Å². The van der Waals surface area contributed by atoms with Crippen molar-refractivity contribution in [2.24, 2.45) is 0 Å². The van der Waals surface area contributed by atoms with Crippen molar-refractivity contribution in [2.45, 2.75) is 38.6 Å². The van der Waals surface area contributed by atoms with E-state index in [0.29, 0.717) is 5.56 Å². The highest BCUT2D eigenvalue weighted by Crippen LogP contribution is 2.32. The van der Waals surface area contributed by atoms with E-state index in [-0.39, 0.29) is 17.7 Å². The maximum absolute atomic E-state index is 12.3. The molecule has 0 aliphatic carbocycles. The lowest BCUT2D eigenvalue weighted by atomic mass is 9.94. The molecule has 2 unspecified atom stereocenters. The Labute approximate surface area is 105 Å². The molecule has 1 N–H and O–H groups in total. The van der Waals surface area contributed by atoms with Gasteiger partial charge in [0.15, 0.2) is 0 Å². The number of halogens is 3. The molecule has 0 spiro atoms. The first-order chi connectivity index (χ1) is 8.33. The van der Waals surface area contributed by atoms with E-state index in [1.165, 1.54) is 6.07 Å². The molecular formula is C13H18F3NO. The summed E-state index contributed by atoms with van der Waals surface area (Å²) in [5.74, 6) is -0.119. The Bertz CT molecular complexity index is 379. The van der Waals surface area contributed by atoms with Crippen LogP contribution in [0.5, 0.6) is 5.75 Å². The van der Waals surface area contributed by atoms with Crippen LogP contribution in [-0.2, 0) is 0 Å². The molecule has 0 saturated heterocycles. The number of alkyl halides is 3. The Kier molecular flexibility index (Phi) is 5.02. The third-order valence-electron chi connectivity index (χ3n) is 2.88. The highest BCUT2D eigenvalue weighted by Gasteiger charge is 2.32. The third-order valence-corrected chi connectivity index (χ3v) is 2.88. The van der Waals surface area contributed by atoms with E-state index >= 15 is 0 Å². The minimum atomic E-state index is -4.65. The predicted molar refractivity (Wildman–Crippen MR) is 64.7 cm³/mol. The van der Waals surface area contributed by atoms with Gasteiger partial charge in [-0.1, -0.05) is 25.1 Å². The average Bonchev–Trinajstić information content (AvgIpc) is 2.27. The number of para-hydroxylation sites is 1. The fourth-order valence-electron chi connectivity index (χ4n) is 1.88. The van der Waals surface area contributed by atoms with Gasteiger partial charge in [0.1, 0.15) is 5.75 Å². The fourth-order valence-corrected chi connectivity index (χ4v) is 1.88. The first-order valence-electron chi connectivity index (χ1n) is 5.85. The molecule has 0 radical (unpaired) electrons. The molecule has 2 atom stereocenters. The van der Waals surface area contributed by atoms with Crippen molar-refractivity contribution in [3.8, 4) is 5.75 Å². The van der Waals surface area contributed by atoms with Gasteiger partial charge in [-0.05, 0) is 37.9 Å². The molecule has 102 valence electrons. The van der Waals surface area contributed by atoms with Gasteiger partial charge in [0, 0.05) is 6.04 Å². The SMILES string of the molecule is CNC(C)CC(C)c1ccccc1OC(F)(F)F. The number of nitrogens with one attached hydrogen (secondary N) is 1. The molecule has 0 aliphatic rings. The van der Waals surface area contributed by atoms with Crippen LogP contribution >= 0.6 is 0 Å². The average molecular weight is 261 g/mol. The van der Waals surface area contributed by atoms with E-state index in [1.807, 2.05) is 20.9 Å². The third kappa shape index (κ3) is 4.56. The molecule has 0 heterocycles. The van der Waals surface area contributed by atoms with Gasteiger partial charge < -0.3 is 10.1 Å². The van der Waals surface area contributed by atoms with Gasteiger partial charge in [0.05, 0.1) is 0 Å². The summed E-state index contributed by atoms with van der Waals surface area (Å²) < 4.78 is 40.9. The van der Waals surface area contributed by atoms with Crippen LogP contribution in [-0.4, -0.2) is 19.5 Å². The van der Waals surface area contributed by atoms with Crippen LogP contribution < -0.4 is 10.1 Å². The van der Waals surface area contributed by atoms with E-state index in [9.17, 15) is 13.2 Å². The Morgan fingerprint density at radius 1 is 1.22 bits per heavy atom. The molecule has 0 amide bonds. The van der Waals surface area contributed by atoms with Crippen LogP contribution in [0.15, 0.2) is 24.3 Å². The summed E-state index contributed by atoms with van der Waals surface area (Å²) in [6, 6.07) is 6.52. The van der Waals surface area contributed by atoms with Gasteiger partial charge in [0.25, 0.3) is 0 Å². The molecule has 0 aliphatic heterocycles. The van der Waals surface area contributed by atoms with Crippen molar-refractivity contribution in [1.82, 2.24) is 5.32 Å². The maximum atomic E-state index is 12.3. The topological polar surface area (TPSA) is 21.3 Å². The van der Waals surface area contributed by atoms with E-state index in [1.54, 1.807) is 18.2 Å². The molecule has 0 saturated carbocycles. The summed E-state index contributed by atoms with van der Waals surface area (Å²) in [6.07, 6.45) is -3.90. The van der Waals surface area contributed by atoms with Crippen LogP contribution in [0.2, 0.25) is 0 Å². The lowest BCUT2D eigenvalue weighted by molar-refractivity contribution is -0.275. The highest BCUT2D eigenvalue weighted by atomic mass is 19.4. The molecule has 5 heteroatoms. The molecule has 0 fully saturated rings. The summed E-state index contributed by atoms with van der Waals surface area (Å²) in [7, 11) is 1.83. The van der Waals surface area contributed by atoms with Crippen molar-refractivity contribution in [1.29, 1.82) is 0 Å². The Balaban J connectivity index is 2.87. The normalized spacial score (nSPS) is 15.2. The molecule has 2 nitrogen and oxygen atoms in total. The van der Waals surface area contributed by atoms with Gasteiger partial charge >= 0.3 is 6.36 Å². The van der Waals surface area contributed by atoms with Crippen molar-refractivity contribution in [3.05, 3.63) is 29.8 Å². The van der Waals surface area contributed by atoms with E-state index in [0.717, 1.165) is 6.42 Å². The van der Waals surface area contributed by atoms with Crippen LogP contribution in [0.25, 0.3) is 0 Å². The first kappa shape index (κ1) is 14.8. The maximum Gasteiger partial charge on any atom is 0.573 e. The summed E-state index contributed by atoms with van der Waals surface area (Å²) in [6.45, 7) is 3.89. The molecule has 0 bridgehead atoms. The Morgan fingerprint density at radius 2 is 1.83 bits per heavy atom. The number of rotatable bonds is 5. The van der Waals surface area contributed by atoms with Crippen molar-refractivity contribution < 1.29 is 17.9 Å². The first-order valence-corrected chi connectivity index (χ1v) is 5.85. The van der Waals surface area contributed by atoms with Crippen LogP contribution in [0.3, 0.4) is 0 Å². The standard InChI is InChI=1S/C13H18F3NO/c1-9(8-10(2)17-3)11-6-4-5-7-12(11)18-13(14,15)16/h4-7,9-10,17H,8H2,1-3H3. The van der Waals surface area contributed by atoms with E-state index in [4.69, 9.17) is 0 Å².